The predicted octanol–water partition coefficient (Wildman–Crippen LogP) is 0.541. The van der Waals surface area contributed by atoms with Crippen molar-refractivity contribution in [3.63, 3.8) is 0 Å². The first-order valence-corrected chi connectivity index (χ1v) is 2.59. The van der Waals surface area contributed by atoms with Crippen LogP contribution in [0.3, 0.4) is 0 Å². The van der Waals surface area contributed by atoms with Crippen LogP contribution in [0.1, 0.15) is 12.8 Å². The minimum Gasteiger partial charge on any atom is -0.288 e. The van der Waals surface area contributed by atoms with Crippen molar-refractivity contribution in [2.24, 2.45) is 0 Å². The standard InChI is InChI=1S/C5H7N3/c6-4-8-3-1-2-5(8)7/h7H,1-3H2. The Morgan fingerprint density at radius 3 is 2.75 bits per heavy atom. The van der Waals surface area contributed by atoms with E-state index in [1.165, 1.54) is 4.90 Å². The van der Waals surface area contributed by atoms with E-state index in [0.717, 1.165) is 19.4 Å². The summed E-state index contributed by atoms with van der Waals surface area (Å²) < 4.78 is 0. The molecule has 0 bridgehead atoms. The molecule has 0 radical (unpaired) electrons. The molecule has 0 aliphatic carbocycles. The first-order valence-electron chi connectivity index (χ1n) is 2.59. The summed E-state index contributed by atoms with van der Waals surface area (Å²) in [7, 11) is 0. The van der Waals surface area contributed by atoms with Crippen molar-refractivity contribution in [2.45, 2.75) is 12.8 Å². The number of nitrogens with zero attached hydrogens (tertiary/aromatic N) is 2. The largest absolute Gasteiger partial charge is 0.288 e. The SMILES string of the molecule is N#CN1CCCC1=N. The summed E-state index contributed by atoms with van der Waals surface area (Å²) >= 11 is 0. The summed E-state index contributed by atoms with van der Waals surface area (Å²) in [5, 5.41) is 15.4. The molecule has 0 saturated carbocycles. The predicted molar refractivity (Wildman–Crippen MR) is 29.3 cm³/mol. The summed E-state index contributed by atoms with van der Waals surface area (Å²) in [6.07, 6.45) is 3.66. The lowest BCUT2D eigenvalue weighted by atomic mass is 10.4. The third kappa shape index (κ3) is 0.648. The van der Waals surface area contributed by atoms with Gasteiger partial charge in [0, 0.05) is 13.0 Å². The minimum atomic E-state index is 0.465. The molecule has 8 heavy (non-hydrogen) atoms. The lowest BCUT2D eigenvalue weighted by Gasteiger charge is -2.01. The Morgan fingerprint density at radius 1 is 1.75 bits per heavy atom. The van der Waals surface area contributed by atoms with Gasteiger partial charge in [0.05, 0.1) is 0 Å². The van der Waals surface area contributed by atoms with Crippen molar-refractivity contribution in [3.8, 4) is 6.19 Å². The second kappa shape index (κ2) is 1.83. The maximum Gasteiger partial charge on any atom is 0.185 e. The Balaban J connectivity index is 2.58. The number of likely N-dealkylation sites (tertiary alicyclic amines) is 1. The van der Waals surface area contributed by atoms with Gasteiger partial charge >= 0.3 is 0 Å². The third-order valence-corrected chi connectivity index (χ3v) is 1.24. The number of nitriles is 1. The summed E-state index contributed by atoms with van der Waals surface area (Å²) in [4.78, 5) is 1.42. The van der Waals surface area contributed by atoms with E-state index in [4.69, 9.17) is 10.7 Å². The van der Waals surface area contributed by atoms with Crippen molar-refractivity contribution in [1.82, 2.24) is 4.90 Å². The smallest absolute Gasteiger partial charge is 0.185 e. The second-order valence-electron chi connectivity index (χ2n) is 1.80. The highest BCUT2D eigenvalue weighted by molar-refractivity contribution is 5.82. The fourth-order valence-electron chi connectivity index (χ4n) is 0.785. The molecule has 0 aromatic heterocycles. The fourth-order valence-corrected chi connectivity index (χ4v) is 0.785. The molecule has 1 aliphatic heterocycles. The zero-order valence-corrected chi connectivity index (χ0v) is 4.52. The van der Waals surface area contributed by atoms with Gasteiger partial charge in [-0.15, -0.1) is 0 Å². The van der Waals surface area contributed by atoms with E-state index in [1.54, 1.807) is 0 Å². The van der Waals surface area contributed by atoms with Gasteiger partial charge in [-0.1, -0.05) is 0 Å². The first kappa shape index (κ1) is 5.10. The zero-order chi connectivity index (χ0) is 5.98. The van der Waals surface area contributed by atoms with Gasteiger partial charge in [-0.25, -0.2) is 0 Å². The maximum absolute atomic E-state index is 8.27. The highest BCUT2D eigenvalue weighted by Gasteiger charge is 2.14. The van der Waals surface area contributed by atoms with E-state index in [2.05, 4.69) is 0 Å². The lowest BCUT2D eigenvalue weighted by molar-refractivity contribution is 0.620. The number of hydrogen-bond donors (Lipinski definition) is 1. The minimum absolute atomic E-state index is 0.465. The summed E-state index contributed by atoms with van der Waals surface area (Å²) in [5.74, 6) is 0.465. The van der Waals surface area contributed by atoms with Crippen LogP contribution in [0.25, 0.3) is 0 Å². The fraction of sp³-hybridized carbons (Fsp3) is 0.600. The van der Waals surface area contributed by atoms with E-state index in [9.17, 15) is 0 Å². The van der Waals surface area contributed by atoms with Gasteiger partial charge in [-0.2, -0.15) is 5.26 Å². The van der Waals surface area contributed by atoms with Crippen LogP contribution >= 0.6 is 0 Å². The normalized spacial score (nSPS) is 18.9. The van der Waals surface area contributed by atoms with Gasteiger partial charge in [0.25, 0.3) is 0 Å². The van der Waals surface area contributed by atoms with E-state index < -0.39 is 0 Å². The van der Waals surface area contributed by atoms with Gasteiger partial charge in [-0.3, -0.25) is 10.3 Å². The van der Waals surface area contributed by atoms with Gasteiger partial charge in [-0.05, 0) is 6.42 Å². The van der Waals surface area contributed by atoms with E-state index in [-0.39, 0.29) is 0 Å². The molecule has 1 N–H and O–H groups in total. The van der Waals surface area contributed by atoms with E-state index >= 15 is 0 Å². The van der Waals surface area contributed by atoms with Crippen LogP contribution < -0.4 is 0 Å². The molecule has 1 saturated heterocycles. The summed E-state index contributed by atoms with van der Waals surface area (Å²) in [6, 6.07) is 0. The molecule has 0 amide bonds. The molecule has 3 nitrogen and oxygen atoms in total. The molecular formula is C5H7N3. The summed E-state index contributed by atoms with van der Waals surface area (Å²) in [6.45, 7) is 0.745. The topological polar surface area (TPSA) is 50.9 Å². The lowest BCUT2D eigenvalue weighted by Crippen LogP contribution is -2.16. The van der Waals surface area contributed by atoms with Gasteiger partial charge in [0.1, 0.15) is 5.84 Å². The van der Waals surface area contributed by atoms with Crippen molar-refractivity contribution < 1.29 is 0 Å². The van der Waals surface area contributed by atoms with Gasteiger partial charge in [0.2, 0.25) is 0 Å². The van der Waals surface area contributed by atoms with Crippen LogP contribution in [-0.2, 0) is 0 Å². The summed E-state index contributed by atoms with van der Waals surface area (Å²) in [5.41, 5.74) is 0. The van der Waals surface area contributed by atoms with Crippen LogP contribution in [0.4, 0.5) is 0 Å². The van der Waals surface area contributed by atoms with Gasteiger partial charge in [0.15, 0.2) is 6.19 Å². The number of rotatable bonds is 0. The monoisotopic (exact) mass is 109 g/mol. The Kier molecular flexibility index (Phi) is 1.17. The van der Waals surface area contributed by atoms with E-state index in [0.29, 0.717) is 5.84 Å². The number of hydrogen-bond acceptors (Lipinski definition) is 2. The Hall–Kier alpha value is -1.04. The van der Waals surface area contributed by atoms with Crippen molar-refractivity contribution >= 4 is 5.84 Å². The van der Waals surface area contributed by atoms with Crippen LogP contribution in [0, 0.1) is 16.9 Å². The molecule has 0 aromatic carbocycles. The molecule has 0 spiro atoms. The van der Waals surface area contributed by atoms with Crippen molar-refractivity contribution in [1.29, 1.82) is 10.7 Å². The molecule has 0 unspecified atom stereocenters. The molecule has 1 rings (SSSR count). The van der Waals surface area contributed by atoms with Crippen LogP contribution in [0.2, 0.25) is 0 Å². The molecular weight excluding hydrogens is 102 g/mol. The average Bonchev–Trinajstić information content (AvgIpc) is 2.14. The highest BCUT2D eigenvalue weighted by Crippen LogP contribution is 2.06. The number of nitrogens with one attached hydrogen (secondary N) is 1. The van der Waals surface area contributed by atoms with Crippen LogP contribution in [-0.4, -0.2) is 17.3 Å². The first-order chi connectivity index (χ1) is 3.84. The van der Waals surface area contributed by atoms with Crippen LogP contribution in [0.15, 0.2) is 0 Å². The Morgan fingerprint density at radius 2 is 2.50 bits per heavy atom. The maximum atomic E-state index is 8.27. The third-order valence-electron chi connectivity index (χ3n) is 1.24. The van der Waals surface area contributed by atoms with E-state index in [1.807, 2.05) is 6.19 Å². The van der Waals surface area contributed by atoms with Crippen molar-refractivity contribution in [2.75, 3.05) is 6.54 Å². The number of amidine groups is 1. The molecule has 42 valence electrons. The molecule has 1 aliphatic rings. The second-order valence-corrected chi connectivity index (χ2v) is 1.80. The van der Waals surface area contributed by atoms with Crippen molar-refractivity contribution in [3.05, 3.63) is 0 Å². The quantitative estimate of drug-likeness (QED) is 0.461. The molecule has 0 aromatic rings. The molecule has 1 fully saturated rings. The molecule has 0 atom stereocenters. The highest BCUT2D eigenvalue weighted by atomic mass is 15.2. The molecule has 3 heteroatoms. The Labute approximate surface area is 48.0 Å². The molecule has 1 heterocycles. The Bertz CT molecular complexity index is 144. The zero-order valence-electron chi connectivity index (χ0n) is 4.52. The average molecular weight is 109 g/mol. The van der Waals surface area contributed by atoms with Crippen LogP contribution in [0.5, 0.6) is 0 Å². The van der Waals surface area contributed by atoms with Gasteiger partial charge < -0.3 is 0 Å².